The van der Waals surface area contributed by atoms with Crippen molar-refractivity contribution in [3.05, 3.63) is 59.4 Å². The summed E-state index contributed by atoms with van der Waals surface area (Å²) in [7, 11) is 0. The summed E-state index contributed by atoms with van der Waals surface area (Å²) in [5, 5.41) is 3.30. The van der Waals surface area contributed by atoms with Gasteiger partial charge in [0, 0.05) is 11.4 Å². The maximum atomic E-state index is 13.4. The van der Waals surface area contributed by atoms with E-state index in [4.69, 9.17) is 28.3 Å². The van der Waals surface area contributed by atoms with Gasteiger partial charge in [-0.15, -0.1) is 0 Å². The van der Waals surface area contributed by atoms with E-state index in [1.54, 1.807) is 12.1 Å². The number of nitrogens with one attached hydrogen (secondary N) is 1. The minimum Gasteiger partial charge on any atom is -0.491 e. The fraction of sp³-hybridized carbons (Fsp3) is 0.429. The van der Waals surface area contributed by atoms with Gasteiger partial charge in [-0.1, -0.05) is 6.07 Å². The molecule has 2 fully saturated rings. The number of alkyl carbamates (subject to hydrolysis) is 1. The summed E-state index contributed by atoms with van der Waals surface area (Å²) in [4.78, 5) is 32.4. The average molecular weight is 521 g/mol. The molecule has 1 aliphatic heterocycles. The Morgan fingerprint density at radius 3 is 2.30 bits per heavy atom. The highest BCUT2D eigenvalue weighted by molar-refractivity contribution is 7.81. The van der Waals surface area contributed by atoms with Crippen molar-refractivity contribution >= 4 is 46.4 Å². The Bertz CT molecular complexity index is 1290. The number of carbonyl (C=O) groups excluding carboxylic acids is 2. The SMILES string of the molecule is [C-]#[N+]c1ccc(N2C(=O)C(C)(C)N(c3ccc(OCC4(NC(=O)OC(C)(C)C)CC4)cc3)C2=S)cc1C. The van der Waals surface area contributed by atoms with E-state index in [2.05, 4.69) is 10.2 Å². The van der Waals surface area contributed by atoms with Crippen molar-refractivity contribution in [2.75, 3.05) is 16.4 Å². The van der Waals surface area contributed by atoms with E-state index < -0.39 is 22.8 Å². The molecule has 0 radical (unpaired) electrons. The van der Waals surface area contributed by atoms with E-state index in [1.807, 2.05) is 76.8 Å². The van der Waals surface area contributed by atoms with Crippen LogP contribution in [0.2, 0.25) is 0 Å². The Labute approximate surface area is 223 Å². The predicted octanol–water partition coefficient (Wildman–Crippen LogP) is 5.90. The van der Waals surface area contributed by atoms with Crippen molar-refractivity contribution in [1.29, 1.82) is 0 Å². The number of thiocarbonyl (C=S) groups is 1. The molecule has 2 amide bonds. The van der Waals surface area contributed by atoms with Crippen molar-refractivity contribution in [2.45, 2.75) is 71.1 Å². The number of anilines is 2. The number of carbonyl (C=O) groups is 2. The van der Waals surface area contributed by atoms with Crippen LogP contribution in [0.1, 0.15) is 53.0 Å². The van der Waals surface area contributed by atoms with E-state index in [0.717, 1.165) is 24.1 Å². The first kappa shape index (κ1) is 26.4. The number of ether oxygens (including phenoxy) is 2. The highest BCUT2D eigenvalue weighted by Crippen LogP contribution is 2.39. The van der Waals surface area contributed by atoms with E-state index in [-0.39, 0.29) is 5.91 Å². The maximum Gasteiger partial charge on any atom is 0.408 e. The maximum absolute atomic E-state index is 13.4. The molecule has 0 bridgehead atoms. The number of hydrogen-bond acceptors (Lipinski definition) is 5. The van der Waals surface area contributed by atoms with E-state index in [1.165, 1.54) is 4.90 Å². The highest BCUT2D eigenvalue weighted by atomic mass is 32.1. The molecule has 194 valence electrons. The molecule has 8 nitrogen and oxygen atoms in total. The first-order valence-electron chi connectivity index (χ1n) is 12.2. The van der Waals surface area contributed by atoms with Gasteiger partial charge in [-0.25, -0.2) is 9.64 Å². The molecule has 2 aromatic rings. The van der Waals surface area contributed by atoms with Gasteiger partial charge in [0.05, 0.1) is 12.1 Å². The monoisotopic (exact) mass is 520 g/mol. The Hall–Kier alpha value is -3.64. The molecule has 1 N–H and O–H groups in total. The van der Waals surface area contributed by atoms with Crippen molar-refractivity contribution in [1.82, 2.24) is 5.32 Å². The first-order valence-corrected chi connectivity index (χ1v) is 12.6. The Morgan fingerprint density at radius 1 is 1.14 bits per heavy atom. The lowest BCUT2D eigenvalue weighted by atomic mass is 10.0. The lowest BCUT2D eigenvalue weighted by molar-refractivity contribution is -0.120. The highest BCUT2D eigenvalue weighted by Gasteiger charge is 2.50. The second-order valence-electron chi connectivity index (χ2n) is 11.1. The van der Waals surface area contributed by atoms with Crippen LogP contribution in [0.25, 0.3) is 4.85 Å². The van der Waals surface area contributed by atoms with Crippen molar-refractivity contribution < 1.29 is 19.1 Å². The molecular formula is C28H32N4O4S. The topological polar surface area (TPSA) is 75.5 Å². The van der Waals surface area contributed by atoms with Crippen LogP contribution in [0.15, 0.2) is 42.5 Å². The summed E-state index contributed by atoms with van der Waals surface area (Å²) in [6, 6.07) is 12.7. The largest absolute Gasteiger partial charge is 0.491 e. The van der Waals surface area contributed by atoms with Gasteiger partial charge in [-0.2, -0.15) is 0 Å². The molecule has 0 unspecified atom stereocenters. The van der Waals surface area contributed by atoms with Crippen molar-refractivity contribution in [3.8, 4) is 5.75 Å². The summed E-state index contributed by atoms with van der Waals surface area (Å²) in [5.41, 5.74) is 0.868. The molecule has 0 aromatic heterocycles. The van der Waals surface area contributed by atoms with Gasteiger partial charge in [-0.3, -0.25) is 9.69 Å². The number of nitrogens with zero attached hydrogens (tertiary/aromatic N) is 3. The third-order valence-electron chi connectivity index (χ3n) is 6.46. The van der Waals surface area contributed by atoms with Gasteiger partial charge in [0.25, 0.3) is 5.91 Å². The molecule has 0 atom stereocenters. The van der Waals surface area contributed by atoms with Crippen LogP contribution in [-0.4, -0.2) is 40.4 Å². The zero-order valence-electron chi connectivity index (χ0n) is 22.0. The number of amides is 2. The number of hydrogen-bond donors (Lipinski definition) is 1. The third-order valence-corrected chi connectivity index (χ3v) is 6.82. The quantitative estimate of drug-likeness (QED) is 0.378. The van der Waals surface area contributed by atoms with Gasteiger partial charge < -0.3 is 19.7 Å². The van der Waals surface area contributed by atoms with Crippen LogP contribution in [0, 0.1) is 13.5 Å². The van der Waals surface area contributed by atoms with Gasteiger partial charge in [-0.05, 0) is 109 Å². The molecule has 1 saturated heterocycles. The smallest absolute Gasteiger partial charge is 0.408 e. The molecule has 1 aliphatic carbocycles. The lowest BCUT2D eigenvalue weighted by Crippen LogP contribution is -2.44. The molecular weight excluding hydrogens is 488 g/mol. The van der Waals surface area contributed by atoms with Gasteiger partial charge in [0.15, 0.2) is 10.8 Å². The summed E-state index contributed by atoms with van der Waals surface area (Å²) in [5.74, 6) is 0.508. The summed E-state index contributed by atoms with van der Waals surface area (Å²) < 4.78 is 11.4. The fourth-order valence-electron chi connectivity index (χ4n) is 4.25. The van der Waals surface area contributed by atoms with Crippen molar-refractivity contribution in [3.63, 3.8) is 0 Å². The molecule has 37 heavy (non-hydrogen) atoms. The minimum atomic E-state index is -0.902. The number of rotatable bonds is 6. The van der Waals surface area contributed by atoms with E-state index in [0.29, 0.717) is 28.8 Å². The van der Waals surface area contributed by atoms with Crippen LogP contribution in [0.3, 0.4) is 0 Å². The normalized spacial score (nSPS) is 17.9. The molecule has 4 rings (SSSR count). The van der Waals surface area contributed by atoms with Crippen LogP contribution >= 0.6 is 12.2 Å². The fourth-order valence-corrected chi connectivity index (χ4v) is 4.77. The first-order chi connectivity index (χ1) is 17.3. The van der Waals surface area contributed by atoms with Gasteiger partial charge in [0.2, 0.25) is 0 Å². The molecule has 1 saturated carbocycles. The molecule has 0 spiro atoms. The van der Waals surface area contributed by atoms with Crippen LogP contribution in [-0.2, 0) is 9.53 Å². The Kier molecular flexibility index (Phi) is 6.67. The lowest BCUT2D eigenvalue weighted by Gasteiger charge is -2.29. The molecule has 2 aliphatic rings. The van der Waals surface area contributed by atoms with Crippen LogP contribution in [0.4, 0.5) is 21.9 Å². The summed E-state index contributed by atoms with van der Waals surface area (Å²) in [6.45, 7) is 18.6. The number of benzene rings is 2. The number of aryl methyl sites for hydroxylation is 1. The zero-order valence-corrected chi connectivity index (χ0v) is 22.9. The summed E-state index contributed by atoms with van der Waals surface area (Å²) >= 11 is 5.76. The third kappa shape index (κ3) is 5.39. The summed E-state index contributed by atoms with van der Waals surface area (Å²) in [6.07, 6.45) is 1.21. The Morgan fingerprint density at radius 2 is 1.76 bits per heavy atom. The Balaban J connectivity index is 1.46. The van der Waals surface area contributed by atoms with Crippen LogP contribution in [0.5, 0.6) is 5.75 Å². The van der Waals surface area contributed by atoms with Gasteiger partial charge >= 0.3 is 6.09 Å². The molecule has 9 heteroatoms. The van der Waals surface area contributed by atoms with E-state index >= 15 is 0 Å². The molecule has 2 aromatic carbocycles. The molecule has 1 heterocycles. The zero-order chi connectivity index (χ0) is 27.2. The van der Waals surface area contributed by atoms with Gasteiger partial charge in [0.1, 0.15) is 23.5 Å². The second-order valence-corrected chi connectivity index (χ2v) is 11.5. The minimum absolute atomic E-state index is 0.142. The van der Waals surface area contributed by atoms with Crippen molar-refractivity contribution in [2.24, 2.45) is 0 Å². The standard InChI is InChI=1S/C28H32N4O4S/c1-18-16-20(10-13-22(18)29-7)31-23(33)27(5,6)32(25(31)37)19-8-11-21(12-9-19)35-17-28(14-15-28)30-24(34)36-26(2,3)4/h8-13,16H,14-15,17H2,1-6H3,(H,30,34). The average Bonchev–Trinajstić information content (AvgIpc) is 3.53. The predicted molar refractivity (Wildman–Crippen MR) is 147 cm³/mol. The van der Waals surface area contributed by atoms with Crippen LogP contribution < -0.4 is 19.9 Å². The van der Waals surface area contributed by atoms with E-state index in [9.17, 15) is 9.59 Å². The second kappa shape index (κ2) is 9.34.